The highest BCUT2D eigenvalue weighted by atomic mass is 14.8. The Morgan fingerprint density at radius 3 is 1.88 bits per heavy atom. The fourth-order valence-electron chi connectivity index (χ4n) is 2.93. The number of hydrogen-bond acceptors (Lipinski definition) is 2. The minimum Gasteiger partial charge on any atom is -0.293 e. The van der Waals surface area contributed by atoms with Crippen LogP contribution in [0.15, 0.2) is 34.3 Å². The van der Waals surface area contributed by atoms with Gasteiger partial charge < -0.3 is 0 Å². The number of nitrogens with zero attached hydrogens (tertiary/aromatic N) is 2. The van der Waals surface area contributed by atoms with Gasteiger partial charge in [0.25, 0.3) is 0 Å². The first-order valence-electron chi connectivity index (χ1n) is 9.43. The van der Waals surface area contributed by atoms with Crippen LogP contribution in [0.4, 0.5) is 0 Å². The smallest absolute Gasteiger partial charge is 0.0552 e. The zero-order chi connectivity index (χ0) is 18.1. The van der Waals surface area contributed by atoms with Crippen molar-refractivity contribution < 1.29 is 0 Å². The van der Waals surface area contributed by atoms with Crippen molar-refractivity contribution in [2.24, 2.45) is 15.4 Å². The van der Waals surface area contributed by atoms with E-state index in [1.165, 1.54) is 12.8 Å². The number of hydrogen-bond donors (Lipinski definition) is 0. The molecule has 0 amide bonds. The van der Waals surface area contributed by atoms with Crippen molar-refractivity contribution in [3.05, 3.63) is 35.4 Å². The monoisotopic (exact) mass is 328 g/mol. The van der Waals surface area contributed by atoms with Gasteiger partial charge in [-0.05, 0) is 49.7 Å². The van der Waals surface area contributed by atoms with Crippen molar-refractivity contribution in [2.45, 2.75) is 79.2 Å². The molecule has 0 aromatic heterocycles. The minimum absolute atomic E-state index is 0.0279. The van der Waals surface area contributed by atoms with Crippen LogP contribution in [0, 0.1) is 5.41 Å². The lowest BCUT2D eigenvalue weighted by Crippen LogP contribution is -2.16. The Balaban J connectivity index is 2.53. The van der Waals surface area contributed by atoms with Gasteiger partial charge >= 0.3 is 0 Å². The first-order valence-corrected chi connectivity index (χ1v) is 9.43. The van der Waals surface area contributed by atoms with E-state index in [0.717, 1.165) is 36.9 Å². The number of rotatable bonds is 10. The van der Waals surface area contributed by atoms with Crippen molar-refractivity contribution in [3.63, 3.8) is 0 Å². The molecule has 0 N–H and O–H groups in total. The van der Waals surface area contributed by atoms with E-state index in [4.69, 9.17) is 4.99 Å². The highest BCUT2D eigenvalue weighted by Crippen LogP contribution is 2.26. The van der Waals surface area contributed by atoms with Crippen LogP contribution in [0.25, 0.3) is 0 Å². The Bertz CT molecular complexity index is 521. The van der Waals surface area contributed by atoms with Crippen LogP contribution < -0.4 is 0 Å². The van der Waals surface area contributed by atoms with Crippen molar-refractivity contribution in [1.29, 1.82) is 0 Å². The molecule has 1 rings (SSSR count). The summed E-state index contributed by atoms with van der Waals surface area (Å²) in [4.78, 5) is 9.30. The maximum atomic E-state index is 4.71. The lowest BCUT2D eigenvalue weighted by Gasteiger charge is -2.22. The molecular formula is C22H36N2. The predicted molar refractivity (Wildman–Crippen MR) is 109 cm³/mol. The van der Waals surface area contributed by atoms with Gasteiger partial charge in [-0.2, -0.15) is 0 Å². The summed E-state index contributed by atoms with van der Waals surface area (Å²) < 4.78 is 0. The predicted octanol–water partition coefficient (Wildman–Crippen LogP) is 6.32. The minimum atomic E-state index is 0.0279. The third-order valence-electron chi connectivity index (χ3n) is 4.45. The highest BCUT2D eigenvalue weighted by Gasteiger charge is 2.15. The molecule has 0 fully saturated rings. The molecule has 0 saturated carbocycles. The van der Waals surface area contributed by atoms with E-state index in [1.54, 1.807) is 0 Å². The number of benzene rings is 1. The molecule has 134 valence electrons. The summed E-state index contributed by atoms with van der Waals surface area (Å²) in [6, 6.07) is 8.48. The molecule has 0 unspecified atom stereocenters. The summed E-state index contributed by atoms with van der Waals surface area (Å²) in [7, 11) is 0. The van der Waals surface area contributed by atoms with Gasteiger partial charge in [0.1, 0.15) is 0 Å². The second-order valence-corrected chi connectivity index (χ2v) is 8.19. The summed E-state index contributed by atoms with van der Waals surface area (Å²) in [5, 5.41) is 0. The standard InChI is InChI=1S/C22H36N2/c1-7-13-21(3,4)15-16-23-17-19-9-11-20(12-10-19)18-24-22(5,6)14-8-2/h9-12,17-18H,7-8,13-16H2,1-6H3. The van der Waals surface area contributed by atoms with Crippen LogP contribution >= 0.6 is 0 Å². The normalized spacial score (nSPS) is 13.2. The molecule has 0 saturated heterocycles. The summed E-state index contributed by atoms with van der Waals surface area (Å²) in [6.07, 6.45) is 9.92. The molecule has 0 heterocycles. The molecule has 2 nitrogen and oxygen atoms in total. The maximum absolute atomic E-state index is 4.71. The van der Waals surface area contributed by atoms with Crippen molar-refractivity contribution in [2.75, 3.05) is 6.54 Å². The molecule has 0 radical (unpaired) electrons. The van der Waals surface area contributed by atoms with Crippen molar-refractivity contribution in [1.82, 2.24) is 0 Å². The van der Waals surface area contributed by atoms with Crippen LogP contribution in [-0.4, -0.2) is 24.5 Å². The Labute approximate surface area is 149 Å². The summed E-state index contributed by atoms with van der Waals surface area (Å²) in [5.41, 5.74) is 2.74. The second kappa shape index (κ2) is 9.76. The molecule has 24 heavy (non-hydrogen) atoms. The lowest BCUT2D eigenvalue weighted by molar-refractivity contribution is 0.310. The first-order chi connectivity index (χ1) is 11.3. The zero-order valence-electron chi connectivity index (χ0n) is 16.6. The SMILES string of the molecule is CCCC(C)(C)CCN=Cc1ccc(C=NC(C)(C)CCC)cc1. The van der Waals surface area contributed by atoms with Gasteiger partial charge in [0.05, 0.1) is 5.54 Å². The average Bonchev–Trinajstić information content (AvgIpc) is 2.51. The van der Waals surface area contributed by atoms with Gasteiger partial charge in [0.2, 0.25) is 0 Å². The average molecular weight is 329 g/mol. The third kappa shape index (κ3) is 8.42. The van der Waals surface area contributed by atoms with Crippen LogP contribution in [0.1, 0.15) is 84.8 Å². The molecule has 0 aliphatic heterocycles. The fourth-order valence-corrected chi connectivity index (χ4v) is 2.93. The van der Waals surface area contributed by atoms with Gasteiger partial charge in [0.15, 0.2) is 0 Å². The largest absolute Gasteiger partial charge is 0.293 e. The van der Waals surface area contributed by atoms with Crippen LogP contribution in [0.3, 0.4) is 0 Å². The zero-order valence-corrected chi connectivity index (χ0v) is 16.6. The summed E-state index contributed by atoms with van der Waals surface area (Å²) in [5.74, 6) is 0. The molecular weight excluding hydrogens is 292 g/mol. The van der Waals surface area contributed by atoms with E-state index in [1.807, 2.05) is 12.4 Å². The third-order valence-corrected chi connectivity index (χ3v) is 4.45. The highest BCUT2D eigenvalue weighted by molar-refractivity contribution is 5.84. The van der Waals surface area contributed by atoms with Crippen molar-refractivity contribution in [3.8, 4) is 0 Å². The van der Waals surface area contributed by atoms with E-state index in [0.29, 0.717) is 5.41 Å². The molecule has 1 aromatic rings. The van der Waals surface area contributed by atoms with Gasteiger partial charge in [-0.15, -0.1) is 0 Å². The van der Waals surface area contributed by atoms with E-state index in [2.05, 4.69) is 70.8 Å². The van der Waals surface area contributed by atoms with Crippen LogP contribution in [0.5, 0.6) is 0 Å². The molecule has 0 bridgehead atoms. The van der Waals surface area contributed by atoms with E-state index in [9.17, 15) is 0 Å². The van der Waals surface area contributed by atoms with Gasteiger partial charge in [-0.1, -0.05) is 64.8 Å². The molecule has 0 aliphatic rings. The van der Waals surface area contributed by atoms with Gasteiger partial charge in [0, 0.05) is 19.0 Å². The van der Waals surface area contributed by atoms with E-state index in [-0.39, 0.29) is 5.54 Å². The Morgan fingerprint density at radius 1 is 0.792 bits per heavy atom. The Kier molecular flexibility index (Phi) is 8.38. The van der Waals surface area contributed by atoms with Gasteiger partial charge in [-0.25, -0.2) is 0 Å². The first kappa shape index (κ1) is 20.6. The Hall–Kier alpha value is -1.44. The van der Waals surface area contributed by atoms with Crippen LogP contribution in [0.2, 0.25) is 0 Å². The molecule has 0 spiro atoms. The lowest BCUT2D eigenvalue weighted by atomic mass is 9.85. The number of aliphatic imine (C=N–C) groups is 2. The maximum Gasteiger partial charge on any atom is 0.0552 e. The Morgan fingerprint density at radius 2 is 1.33 bits per heavy atom. The molecule has 0 aliphatic carbocycles. The summed E-state index contributed by atoms with van der Waals surface area (Å²) in [6.45, 7) is 14.4. The fraction of sp³-hybridized carbons (Fsp3) is 0.636. The van der Waals surface area contributed by atoms with Crippen LogP contribution in [-0.2, 0) is 0 Å². The summed E-state index contributed by atoms with van der Waals surface area (Å²) >= 11 is 0. The second-order valence-electron chi connectivity index (χ2n) is 8.19. The van der Waals surface area contributed by atoms with E-state index >= 15 is 0 Å². The van der Waals surface area contributed by atoms with Crippen molar-refractivity contribution >= 4 is 12.4 Å². The quantitative estimate of drug-likeness (QED) is 0.449. The molecule has 1 aromatic carbocycles. The molecule has 0 atom stereocenters. The van der Waals surface area contributed by atoms with Gasteiger partial charge in [-0.3, -0.25) is 9.98 Å². The van der Waals surface area contributed by atoms with E-state index < -0.39 is 0 Å². The molecule has 2 heteroatoms. The topological polar surface area (TPSA) is 24.7 Å².